The molecule has 0 radical (unpaired) electrons. The molecular formula is C13H20N2O3. The molecule has 0 heterocycles. The van der Waals surface area contributed by atoms with Gasteiger partial charge in [-0.3, -0.25) is 0 Å². The Balaban J connectivity index is 3.26. The molecule has 0 aliphatic heterocycles. The first-order valence-corrected chi connectivity index (χ1v) is 5.76. The predicted molar refractivity (Wildman–Crippen MR) is 71.2 cm³/mol. The van der Waals surface area contributed by atoms with Crippen LogP contribution in [0, 0.1) is 0 Å². The van der Waals surface area contributed by atoms with E-state index in [1.165, 1.54) is 0 Å². The van der Waals surface area contributed by atoms with Crippen molar-refractivity contribution in [1.82, 2.24) is 5.32 Å². The van der Waals surface area contributed by atoms with Crippen molar-refractivity contribution in [2.75, 3.05) is 27.8 Å². The lowest BCUT2D eigenvalue weighted by molar-refractivity contribution is 0.319. The highest BCUT2D eigenvalue weighted by Crippen LogP contribution is 2.31. The van der Waals surface area contributed by atoms with Gasteiger partial charge in [-0.2, -0.15) is 0 Å². The van der Waals surface area contributed by atoms with Gasteiger partial charge in [-0.05, 0) is 44.6 Å². The highest BCUT2D eigenvalue weighted by molar-refractivity contribution is 6.00. The minimum absolute atomic E-state index is 0.557. The summed E-state index contributed by atoms with van der Waals surface area (Å²) < 4.78 is 10.5. The molecule has 100 valence electrons. The Morgan fingerprint density at radius 1 is 1.28 bits per heavy atom. The van der Waals surface area contributed by atoms with Crippen LogP contribution in [0.2, 0.25) is 0 Å². The molecule has 0 bridgehead atoms. The van der Waals surface area contributed by atoms with Crippen molar-refractivity contribution in [3.05, 3.63) is 23.3 Å². The molecule has 1 rings (SSSR count). The van der Waals surface area contributed by atoms with Gasteiger partial charge in [0.05, 0.1) is 19.9 Å². The summed E-state index contributed by atoms with van der Waals surface area (Å²) in [5.41, 5.74) is 2.48. The lowest BCUT2D eigenvalue weighted by atomic mass is 10.00. The molecule has 0 atom stereocenters. The Morgan fingerprint density at radius 2 is 1.89 bits per heavy atom. The van der Waals surface area contributed by atoms with Crippen molar-refractivity contribution >= 4 is 5.71 Å². The van der Waals surface area contributed by atoms with Crippen LogP contribution in [-0.2, 0) is 6.42 Å². The van der Waals surface area contributed by atoms with Crippen molar-refractivity contribution in [2.45, 2.75) is 13.3 Å². The summed E-state index contributed by atoms with van der Waals surface area (Å²) in [6.07, 6.45) is 0.818. The second-order valence-corrected chi connectivity index (χ2v) is 3.90. The van der Waals surface area contributed by atoms with E-state index in [1.54, 1.807) is 21.1 Å². The third-order valence-electron chi connectivity index (χ3n) is 2.79. The number of methoxy groups -OCH3 is 2. The summed E-state index contributed by atoms with van der Waals surface area (Å²) >= 11 is 0. The fourth-order valence-corrected chi connectivity index (χ4v) is 1.78. The summed E-state index contributed by atoms with van der Waals surface area (Å²) in [5, 5.41) is 15.3. The van der Waals surface area contributed by atoms with Crippen LogP contribution in [0.3, 0.4) is 0 Å². The zero-order chi connectivity index (χ0) is 13.5. The molecule has 2 N–H and O–H groups in total. The molecule has 5 nitrogen and oxygen atoms in total. The molecule has 0 saturated carbocycles. The Hall–Kier alpha value is -1.75. The van der Waals surface area contributed by atoms with Crippen LogP contribution < -0.4 is 14.8 Å². The minimum atomic E-state index is 0.557. The summed E-state index contributed by atoms with van der Waals surface area (Å²) in [6.45, 7) is 2.59. The van der Waals surface area contributed by atoms with Crippen molar-refractivity contribution < 1.29 is 14.7 Å². The van der Waals surface area contributed by atoms with Crippen LogP contribution in [0.5, 0.6) is 11.5 Å². The van der Waals surface area contributed by atoms with Gasteiger partial charge in [0.1, 0.15) is 0 Å². The number of benzene rings is 1. The first-order chi connectivity index (χ1) is 8.67. The molecule has 0 saturated heterocycles. The van der Waals surface area contributed by atoms with Crippen LogP contribution in [0.15, 0.2) is 17.3 Å². The van der Waals surface area contributed by atoms with Crippen LogP contribution in [0.25, 0.3) is 0 Å². The molecule has 0 unspecified atom stereocenters. The average Bonchev–Trinajstić information content (AvgIpc) is 2.43. The Labute approximate surface area is 107 Å². The average molecular weight is 252 g/mol. The number of hydrogen-bond donors (Lipinski definition) is 2. The first kappa shape index (κ1) is 14.3. The molecule has 0 aromatic heterocycles. The zero-order valence-electron chi connectivity index (χ0n) is 11.3. The standard InChI is InChI=1S/C13H20N2O3/c1-9(15-16)11-8-13(18-4)12(17-3)7-10(11)5-6-14-2/h7-8,14,16H,5-6H2,1-4H3/b15-9-. The maximum absolute atomic E-state index is 8.93. The van der Waals surface area contributed by atoms with Gasteiger partial charge in [0, 0.05) is 5.56 Å². The largest absolute Gasteiger partial charge is 0.493 e. The van der Waals surface area contributed by atoms with E-state index in [0.29, 0.717) is 17.2 Å². The maximum Gasteiger partial charge on any atom is 0.161 e. The quantitative estimate of drug-likeness (QED) is 0.459. The predicted octanol–water partition coefficient (Wildman–Crippen LogP) is 1.66. The van der Waals surface area contributed by atoms with Crippen LogP contribution >= 0.6 is 0 Å². The Kier molecular flexibility index (Phi) is 5.45. The fourth-order valence-electron chi connectivity index (χ4n) is 1.78. The van der Waals surface area contributed by atoms with Crippen molar-refractivity contribution in [3.63, 3.8) is 0 Å². The van der Waals surface area contributed by atoms with E-state index in [4.69, 9.17) is 14.7 Å². The maximum atomic E-state index is 8.93. The normalized spacial score (nSPS) is 11.4. The lowest BCUT2D eigenvalue weighted by Crippen LogP contribution is -2.13. The molecule has 5 heteroatoms. The van der Waals surface area contributed by atoms with E-state index in [2.05, 4.69) is 10.5 Å². The van der Waals surface area contributed by atoms with Crippen molar-refractivity contribution in [3.8, 4) is 11.5 Å². The van der Waals surface area contributed by atoms with Gasteiger partial charge in [-0.25, -0.2) is 0 Å². The number of oxime groups is 1. The minimum Gasteiger partial charge on any atom is -0.493 e. The number of nitrogens with one attached hydrogen (secondary N) is 1. The van der Waals surface area contributed by atoms with Crippen molar-refractivity contribution in [2.24, 2.45) is 5.16 Å². The van der Waals surface area contributed by atoms with E-state index in [1.807, 2.05) is 19.2 Å². The number of rotatable bonds is 6. The Morgan fingerprint density at radius 3 is 2.39 bits per heavy atom. The number of nitrogens with zero attached hydrogens (tertiary/aromatic N) is 1. The number of likely N-dealkylation sites (N-methyl/N-ethyl adjacent to an activating group) is 1. The van der Waals surface area contributed by atoms with E-state index in [0.717, 1.165) is 24.1 Å². The molecule has 1 aromatic carbocycles. The number of ether oxygens (including phenoxy) is 2. The molecule has 0 aliphatic carbocycles. The SMILES string of the molecule is CNCCc1cc(OC)c(OC)cc1/C(C)=N\O. The molecular weight excluding hydrogens is 232 g/mol. The molecule has 1 aromatic rings. The fraction of sp³-hybridized carbons (Fsp3) is 0.462. The highest BCUT2D eigenvalue weighted by Gasteiger charge is 2.13. The molecule has 0 fully saturated rings. The Bertz CT molecular complexity index is 430. The second kappa shape index (κ2) is 6.86. The first-order valence-electron chi connectivity index (χ1n) is 5.76. The molecule has 0 aliphatic rings. The van der Waals surface area contributed by atoms with E-state index in [9.17, 15) is 0 Å². The zero-order valence-corrected chi connectivity index (χ0v) is 11.3. The monoisotopic (exact) mass is 252 g/mol. The topological polar surface area (TPSA) is 63.1 Å². The number of hydrogen-bond acceptors (Lipinski definition) is 5. The van der Waals surface area contributed by atoms with Crippen LogP contribution in [0.4, 0.5) is 0 Å². The van der Waals surface area contributed by atoms with Gasteiger partial charge in [0.2, 0.25) is 0 Å². The van der Waals surface area contributed by atoms with Gasteiger partial charge in [-0.1, -0.05) is 5.16 Å². The van der Waals surface area contributed by atoms with Crippen LogP contribution in [0.1, 0.15) is 18.1 Å². The van der Waals surface area contributed by atoms with Gasteiger partial charge in [-0.15, -0.1) is 0 Å². The summed E-state index contributed by atoms with van der Waals surface area (Å²) in [6, 6.07) is 3.75. The summed E-state index contributed by atoms with van der Waals surface area (Å²) in [4.78, 5) is 0. The lowest BCUT2D eigenvalue weighted by Gasteiger charge is -2.14. The third kappa shape index (κ3) is 3.13. The summed E-state index contributed by atoms with van der Waals surface area (Å²) in [7, 11) is 5.08. The van der Waals surface area contributed by atoms with E-state index >= 15 is 0 Å². The molecule has 18 heavy (non-hydrogen) atoms. The van der Waals surface area contributed by atoms with Crippen molar-refractivity contribution in [1.29, 1.82) is 0 Å². The van der Waals surface area contributed by atoms with Gasteiger partial charge in [0.15, 0.2) is 11.5 Å². The third-order valence-corrected chi connectivity index (χ3v) is 2.79. The van der Waals surface area contributed by atoms with Gasteiger partial charge < -0.3 is 20.0 Å². The molecule has 0 spiro atoms. The van der Waals surface area contributed by atoms with Crippen LogP contribution in [-0.4, -0.2) is 38.7 Å². The van der Waals surface area contributed by atoms with Gasteiger partial charge >= 0.3 is 0 Å². The highest BCUT2D eigenvalue weighted by atomic mass is 16.5. The van der Waals surface area contributed by atoms with E-state index < -0.39 is 0 Å². The van der Waals surface area contributed by atoms with Gasteiger partial charge in [0.25, 0.3) is 0 Å². The van der Waals surface area contributed by atoms with E-state index in [-0.39, 0.29) is 0 Å². The smallest absolute Gasteiger partial charge is 0.161 e. The second-order valence-electron chi connectivity index (χ2n) is 3.90. The molecule has 0 amide bonds. The summed E-state index contributed by atoms with van der Waals surface area (Å²) in [5.74, 6) is 1.31.